The first kappa shape index (κ1) is 27.1. The van der Waals surface area contributed by atoms with Crippen LogP contribution in [0, 0.1) is 6.92 Å². The average molecular weight is 529 g/mol. The molecule has 0 aliphatic carbocycles. The molecule has 0 bridgehead atoms. The van der Waals surface area contributed by atoms with E-state index in [1.807, 2.05) is 45.3 Å². The molecule has 2 aromatic carbocycles. The molecule has 2 atom stereocenters. The number of nitrogens with zero attached hydrogens (tertiary/aromatic N) is 4. The second-order valence-corrected chi connectivity index (χ2v) is 11.5. The Balaban J connectivity index is 1.61. The van der Waals surface area contributed by atoms with Gasteiger partial charge in [-0.25, -0.2) is 0 Å². The van der Waals surface area contributed by atoms with Crippen LogP contribution in [0.1, 0.15) is 55.0 Å². The fourth-order valence-electron chi connectivity index (χ4n) is 4.66. The van der Waals surface area contributed by atoms with Crippen LogP contribution in [-0.2, 0) is 29.5 Å². The summed E-state index contributed by atoms with van der Waals surface area (Å²) < 4.78 is 37.2. The van der Waals surface area contributed by atoms with Gasteiger partial charge < -0.3 is 9.47 Å². The van der Waals surface area contributed by atoms with Gasteiger partial charge in [-0.05, 0) is 68.4 Å². The summed E-state index contributed by atoms with van der Waals surface area (Å²) in [6.45, 7) is 6.77. The summed E-state index contributed by atoms with van der Waals surface area (Å²) in [5.41, 5.74) is 3.88. The summed E-state index contributed by atoms with van der Waals surface area (Å²) in [6.07, 6.45) is 3.30. The number of ether oxygens (including phenoxy) is 2. The fourth-order valence-corrected chi connectivity index (χ4v) is 6.32. The van der Waals surface area contributed by atoms with Gasteiger partial charge in [0.1, 0.15) is 16.7 Å². The molecule has 2 heterocycles. The lowest BCUT2D eigenvalue weighted by Gasteiger charge is -2.42. The smallest absolute Gasteiger partial charge is 0.306 e. The molecule has 37 heavy (non-hydrogen) atoms. The second kappa shape index (κ2) is 11.6. The summed E-state index contributed by atoms with van der Waals surface area (Å²) in [5, 5.41) is 8.19. The quantitative estimate of drug-likeness (QED) is 0.369. The molecule has 200 valence electrons. The van der Waals surface area contributed by atoms with Crippen LogP contribution in [-0.4, -0.2) is 53.6 Å². The van der Waals surface area contributed by atoms with Crippen molar-refractivity contribution in [2.45, 2.75) is 63.5 Å². The first-order valence-corrected chi connectivity index (χ1v) is 14.1. The molecule has 0 saturated carbocycles. The molecule has 1 aliphatic rings. The zero-order chi connectivity index (χ0) is 26.6. The fraction of sp³-hybridized carbons (Fsp3) is 0.444. The third-order valence-electron chi connectivity index (χ3n) is 6.60. The van der Waals surface area contributed by atoms with E-state index in [9.17, 15) is 13.9 Å². The van der Waals surface area contributed by atoms with Crippen LogP contribution in [0.15, 0.2) is 53.6 Å². The molecule has 0 spiro atoms. The number of para-hydroxylation sites is 1. The van der Waals surface area contributed by atoms with E-state index < -0.39 is 10.8 Å². The van der Waals surface area contributed by atoms with Crippen LogP contribution in [0.3, 0.4) is 0 Å². The van der Waals surface area contributed by atoms with E-state index in [1.54, 1.807) is 34.1 Å². The summed E-state index contributed by atoms with van der Waals surface area (Å²) in [6, 6.07) is 13.2. The number of hydrogen-bond acceptors (Lipinski definition) is 8. The zero-order valence-electron chi connectivity index (χ0n) is 21.8. The Morgan fingerprint density at radius 1 is 1.27 bits per heavy atom. The minimum Gasteiger partial charge on any atom is -0.487 e. The van der Waals surface area contributed by atoms with E-state index in [0.717, 1.165) is 22.4 Å². The van der Waals surface area contributed by atoms with Crippen LogP contribution >= 0.6 is 10.8 Å². The Hall–Kier alpha value is -2.92. The maximum absolute atomic E-state index is 12.4. The van der Waals surface area contributed by atoms with Crippen molar-refractivity contribution in [2.24, 2.45) is 7.05 Å². The normalized spacial score (nSPS) is 18.8. The van der Waals surface area contributed by atoms with E-state index in [4.69, 9.17) is 9.47 Å². The Morgan fingerprint density at radius 3 is 2.78 bits per heavy atom. The van der Waals surface area contributed by atoms with Gasteiger partial charge in [-0.15, -0.1) is 15.9 Å². The lowest BCUT2D eigenvalue weighted by Crippen LogP contribution is -2.33. The number of aryl methyl sites for hydroxylation is 3. The Kier molecular flexibility index (Phi) is 8.53. The highest BCUT2D eigenvalue weighted by Crippen LogP contribution is 2.57. The standard InChI is InChI=1S/C27H36N4O5S/c1-5-35-27(32)15-22(12-13-24-18-30(4)29-28-24)21-11-10-19(2)23(14-21)17-31-16-20(3)36-25-8-6-7-9-26(25)37(31,33)34/h6-11,14,18,20,22,33-34H,5,12-13,15-17H2,1-4H3. The monoisotopic (exact) mass is 528 g/mol. The topological polar surface area (TPSA) is 110 Å². The predicted octanol–water partition coefficient (Wildman–Crippen LogP) is 5.10. The summed E-state index contributed by atoms with van der Waals surface area (Å²) >= 11 is 0. The van der Waals surface area contributed by atoms with Gasteiger partial charge in [-0.3, -0.25) is 18.6 Å². The number of fused-ring (bicyclic) bond motifs is 1. The van der Waals surface area contributed by atoms with Crippen molar-refractivity contribution in [1.29, 1.82) is 0 Å². The van der Waals surface area contributed by atoms with Gasteiger partial charge in [0.15, 0.2) is 0 Å². The molecule has 4 rings (SSSR count). The largest absolute Gasteiger partial charge is 0.487 e. The van der Waals surface area contributed by atoms with Crippen molar-refractivity contribution in [3.8, 4) is 5.75 Å². The van der Waals surface area contributed by atoms with Crippen LogP contribution in [0.4, 0.5) is 0 Å². The molecule has 2 N–H and O–H groups in total. The number of carbonyl (C=O) groups excluding carboxylic acids is 1. The molecule has 0 saturated heterocycles. The van der Waals surface area contributed by atoms with Gasteiger partial charge in [-0.1, -0.05) is 35.5 Å². The van der Waals surface area contributed by atoms with Crippen LogP contribution in [0.25, 0.3) is 0 Å². The lowest BCUT2D eigenvalue weighted by molar-refractivity contribution is -0.143. The maximum Gasteiger partial charge on any atom is 0.306 e. The molecule has 0 fully saturated rings. The van der Waals surface area contributed by atoms with Crippen molar-refractivity contribution < 1.29 is 23.4 Å². The molecular formula is C27H36N4O5S. The number of benzene rings is 2. The maximum atomic E-state index is 12.4. The van der Waals surface area contributed by atoms with Gasteiger partial charge in [0.2, 0.25) is 0 Å². The third kappa shape index (κ3) is 6.51. The van der Waals surface area contributed by atoms with Gasteiger partial charge in [0.05, 0.1) is 25.3 Å². The van der Waals surface area contributed by atoms with Gasteiger partial charge in [-0.2, -0.15) is 4.31 Å². The van der Waals surface area contributed by atoms with Crippen LogP contribution in [0.2, 0.25) is 0 Å². The van der Waals surface area contributed by atoms with E-state index in [-0.39, 0.29) is 24.4 Å². The van der Waals surface area contributed by atoms with Crippen molar-refractivity contribution in [3.63, 3.8) is 0 Å². The van der Waals surface area contributed by atoms with Crippen molar-refractivity contribution in [3.05, 3.63) is 71.0 Å². The van der Waals surface area contributed by atoms with Crippen molar-refractivity contribution >= 4 is 16.7 Å². The van der Waals surface area contributed by atoms with Gasteiger partial charge in [0.25, 0.3) is 0 Å². The molecule has 1 aromatic heterocycles. The first-order chi connectivity index (χ1) is 17.7. The minimum absolute atomic E-state index is 0.0760. The molecule has 1 aliphatic heterocycles. The molecule has 9 nitrogen and oxygen atoms in total. The predicted molar refractivity (Wildman–Crippen MR) is 143 cm³/mol. The Bertz CT molecular complexity index is 1230. The van der Waals surface area contributed by atoms with Crippen molar-refractivity contribution in [2.75, 3.05) is 13.2 Å². The SMILES string of the molecule is CCOC(=O)CC(CCc1cn(C)nn1)c1ccc(C)c(CN2CC(C)Oc3ccccc3S2(O)O)c1. The third-order valence-corrected chi connectivity index (χ3v) is 8.53. The Morgan fingerprint density at radius 2 is 2.05 bits per heavy atom. The number of carbonyl (C=O) groups is 1. The lowest BCUT2D eigenvalue weighted by atomic mass is 9.88. The second-order valence-electron chi connectivity index (χ2n) is 9.53. The summed E-state index contributed by atoms with van der Waals surface area (Å²) in [7, 11) is -1.42. The van der Waals surface area contributed by atoms with Crippen LogP contribution < -0.4 is 4.74 Å². The van der Waals surface area contributed by atoms with Crippen molar-refractivity contribution in [1.82, 2.24) is 19.3 Å². The molecule has 0 amide bonds. The molecule has 0 radical (unpaired) electrons. The molecule has 3 aromatic rings. The Labute approximate surface area is 219 Å². The molecular weight excluding hydrogens is 492 g/mol. The number of aromatic nitrogens is 3. The number of rotatable bonds is 9. The minimum atomic E-state index is -3.25. The first-order valence-electron chi connectivity index (χ1n) is 12.6. The highest BCUT2D eigenvalue weighted by atomic mass is 32.3. The number of esters is 1. The summed E-state index contributed by atoms with van der Waals surface area (Å²) in [4.78, 5) is 12.8. The van der Waals surface area contributed by atoms with Gasteiger partial charge in [0, 0.05) is 19.8 Å². The molecule has 2 unspecified atom stereocenters. The van der Waals surface area contributed by atoms with Crippen LogP contribution in [0.5, 0.6) is 5.75 Å². The number of hydrogen-bond donors (Lipinski definition) is 2. The van der Waals surface area contributed by atoms with E-state index in [1.165, 1.54) is 0 Å². The van der Waals surface area contributed by atoms with E-state index in [2.05, 4.69) is 16.4 Å². The highest BCUT2D eigenvalue weighted by Gasteiger charge is 2.34. The zero-order valence-corrected chi connectivity index (χ0v) is 22.6. The molecule has 10 heteroatoms. The van der Waals surface area contributed by atoms with E-state index in [0.29, 0.717) is 43.2 Å². The van der Waals surface area contributed by atoms with Gasteiger partial charge >= 0.3 is 5.97 Å². The average Bonchev–Trinajstić information content (AvgIpc) is 3.24. The highest BCUT2D eigenvalue weighted by molar-refractivity contribution is 8.22. The summed E-state index contributed by atoms with van der Waals surface area (Å²) in [5.74, 6) is 0.187. The van der Waals surface area contributed by atoms with E-state index >= 15 is 0 Å².